The number of benzene rings is 2. The van der Waals surface area contributed by atoms with Gasteiger partial charge in [0.05, 0.1) is 11.4 Å². The van der Waals surface area contributed by atoms with Gasteiger partial charge < -0.3 is 10.1 Å². The largest absolute Gasteiger partial charge is 0.382 e. The zero-order chi connectivity index (χ0) is 21.3. The molecule has 29 heavy (non-hydrogen) atoms. The van der Waals surface area contributed by atoms with Crippen molar-refractivity contribution in [2.24, 2.45) is 0 Å². The predicted octanol–water partition coefficient (Wildman–Crippen LogP) is 2.87. The third-order valence-electron chi connectivity index (χ3n) is 4.24. The van der Waals surface area contributed by atoms with Gasteiger partial charge >= 0.3 is 0 Å². The van der Waals surface area contributed by atoms with Gasteiger partial charge in [0.1, 0.15) is 5.82 Å². The van der Waals surface area contributed by atoms with Crippen LogP contribution in [0.2, 0.25) is 0 Å². The first-order valence-corrected chi connectivity index (χ1v) is 10.9. The Morgan fingerprint density at radius 3 is 2.38 bits per heavy atom. The Balaban J connectivity index is 2.15. The van der Waals surface area contributed by atoms with Gasteiger partial charge in [0.25, 0.3) is 0 Å². The summed E-state index contributed by atoms with van der Waals surface area (Å²) in [4.78, 5) is 12.5. The number of ether oxygens (including phenoxy) is 1. The third kappa shape index (κ3) is 7.23. The van der Waals surface area contributed by atoms with E-state index in [1.165, 1.54) is 36.4 Å². The van der Waals surface area contributed by atoms with Crippen molar-refractivity contribution in [1.82, 2.24) is 9.62 Å². The zero-order valence-electron chi connectivity index (χ0n) is 16.7. The van der Waals surface area contributed by atoms with Crippen molar-refractivity contribution in [2.75, 3.05) is 26.3 Å². The van der Waals surface area contributed by atoms with Crippen molar-refractivity contribution >= 4 is 15.9 Å². The fourth-order valence-corrected chi connectivity index (χ4v) is 4.03. The lowest BCUT2D eigenvalue weighted by Crippen LogP contribution is -2.40. The molecule has 0 bridgehead atoms. The highest BCUT2D eigenvalue weighted by Gasteiger charge is 2.26. The molecule has 0 aliphatic heterocycles. The first-order valence-electron chi connectivity index (χ1n) is 9.48. The van der Waals surface area contributed by atoms with Crippen molar-refractivity contribution < 1.29 is 22.3 Å². The Morgan fingerprint density at radius 2 is 1.76 bits per heavy atom. The van der Waals surface area contributed by atoms with E-state index in [-0.39, 0.29) is 18.0 Å². The van der Waals surface area contributed by atoms with Crippen molar-refractivity contribution in [3.05, 3.63) is 65.5 Å². The average Bonchev–Trinajstić information content (AvgIpc) is 2.69. The highest BCUT2D eigenvalue weighted by molar-refractivity contribution is 7.89. The van der Waals surface area contributed by atoms with Crippen LogP contribution >= 0.6 is 0 Å². The van der Waals surface area contributed by atoms with E-state index in [0.29, 0.717) is 31.7 Å². The number of sulfonamides is 1. The third-order valence-corrected chi connectivity index (χ3v) is 6.05. The highest BCUT2D eigenvalue weighted by Crippen LogP contribution is 2.19. The molecule has 158 valence electrons. The number of halogens is 1. The first kappa shape index (κ1) is 23.0. The summed E-state index contributed by atoms with van der Waals surface area (Å²) in [5, 5.41) is 2.71. The second kappa shape index (κ2) is 11.0. The Kier molecular flexibility index (Phi) is 8.75. The highest BCUT2D eigenvalue weighted by atomic mass is 32.2. The first-order chi connectivity index (χ1) is 13.8. The van der Waals surface area contributed by atoms with Gasteiger partial charge in [-0.2, -0.15) is 4.31 Å². The molecule has 0 aliphatic carbocycles. The van der Waals surface area contributed by atoms with Gasteiger partial charge in [0, 0.05) is 26.3 Å². The molecule has 2 aromatic carbocycles. The number of amides is 1. The lowest BCUT2D eigenvalue weighted by molar-refractivity contribution is -0.121. The molecular weight excluding hydrogens is 395 g/mol. The van der Waals surface area contributed by atoms with Gasteiger partial charge in [0.15, 0.2) is 0 Å². The maximum atomic E-state index is 13.2. The summed E-state index contributed by atoms with van der Waals surface area (Å²) in [6, 6.07) is 12.0. The zero-order valence-corrected chi connectivity index (χ0v) is 17.5. The second-order valence-corrected chi connectivity index (χ2v) is 8.55. The summed E-state index contributed by atoms with van der Waals surface area (Å²) in [6.07, 6.45) is 0.641. The Hall–Kier alpha value is -2.29. The Bertz CT molecular complexity index is 884. The summed E-state index contributed by atoms with van der Waals surface area (Å²) >= 11 is 0. The molecule has 0 aliphatic rings. The van der Waals surface area contributed by atoms with E-state index >= 15 is 0 Å². The standard InChI is InChI=1S/C21H27FN2O4S/c1-3-28-14-4-13-23-21(25)16-24(15-18-7-9-19(22)10-8-18)29(26,27)20-11-5-17(2)6-12-20/h5-12H,3-4,13-16H2,1-2H3,(H,23,25). The molecule has 1 N–H and O–H groups in total. The topological polar surface area (TPSA) is 75.7 Å². The minimum atomic E-state index is -3.91. The summed E-state index contributed by atoms with van der Waals surface area (Å²) < 4.78 is 45.7. The number of nitrogens with zero attached hydrogens (tertiary/aromatic N) is 1. The number of hydrogen-bond acceptors (Lipinski definition) is 4. The van der Waals surface area contributed by atoms with Crippen LogP contribution in [-0.2, 0) is 26.1 Å². The molecule has 6 nitrogen and oxygen atoms in total. The second-order valence-electron chi connectivity index (χ2n) is 6.61. The monoisotopic (exact) mass is 422 g/mol. The van der Waals surface area contributed by atoms with Crippen LogP contribution in [0, 0.1) is 12.7 Å². The molecule has 0 spiro atoms. The quantitative estimate of drug-likeness (QED) is 0.565. The van der Waals surface area contributed by atoms with Crippen LogP contribution < -0.4 is 5.32 Å². The molecule has 8 heteroatoms. The van der Waals surface area contributed by atoms with Gasteiger partial charge in [-0.1, -0.05) is 29.8 Å². The molecule has 0 aromatic heterocycles. The van der Waals surface area contributed by atoms with E-state index in [2.05, 4.69) is 5.32 Å². The molecular formula is C21H27FN2O4S. The van der Waals surface area contributed by atoms with Crippen LogP contribution in [0.1, 0.15) is 24.5 Å². The molecule has 0 saturated heterocycles. The van der Waals surface area contributed by atoms with E-state index in [4.69, 9.17) is 4.74 Å². The van der Waals surface area contributed by atoms with Gasteiger partial charge in [0.2, 0.25) is 15.9 Å². The van der Waals surface area contributed by atoms with Crippen LogP contribution in [0.3, 0.4) is 0 Å². The number of rotatable bonds is 11. The van der Waals surface area contributed by atoms with Crippen molar-refractivity contribution in [3.8, 4) is 0 Å². The van der Waals surface area contributed by atoms with Crippen molar-refractivity contribution in [2.45, 2.75) is 31.7 Å². The van der Waals surface area contributed by atoms with E-state index in [1.807, 2.05) is 13.8 Å². The number of carbonyl (C=O) groups is 1. The fourth-order valence-electron chi connectivity index (χ4n) is 2.64. The molecule has 0 radical (unpaired) electrons. The summed E-state index contributed by atoms with van der Waals surface area (Å²) in [6.45, 7) is 4.91. The van der Waals surface area contributed by atoms with E-state index < -0.39 is 21.7 Å². The fraction of sp³-hybridized carbons (Fsp3) is 0.381. The van der Waals surface area contributed by atoms with Crippen LogP contribution in [0.25, 0.3) is 0 Å². The van der Waals surface area contributed by atoms with Gasteiger partial charge in [-0.05, 0) is 50.1 Å². The molecule has 0 unspecified atom stereocenters. The molecule has 1 amide bonds. The van der Waals surface area contributed by atoms with Gasteiger partial charge in [-0.25, -0.2) is 12.8 Å². The maximum absolute atomic E-state index is 13.2. The van der Waals surface area contributed by atoms with E-state index in [9.17, 15) is 17.6 Å². The summed E-state index contributed by atoms with van der Waals surface area (Å²) in [5.41, 5.74) is 1.52. The summed E-state index contributed by atoms with van der Waals surface area (Å²) in [7, 11) is -3.91. The molecule has 0 fully saturated rings. The van der Waals surface area contributed by atoms with Gasteiger partial charge in [-0.15, -0.1) is 0 Å². The van der Waals surface area contributed by atoms with Crippen LogP contribution in [-0.4, -0.2) is 44.9 Å². The molecule has 0 heterocycles. The van der Waals surface area contributed by atoms with E-state index in [0.717, 1.165) is 9.87 Å². The average molecular weight is 423 g/mol. The van der Waals surface area contributed by atoms with Crippen molar-refractivity contribution in [1.29, 1.82) is 0 Å². The maximum Gasteiger partial charge on any atom is 0.243 e. The predicted molar refractivity (Wildman–Crippen MR) is 109 cm³/mol. The minimum absolute atomic E-state index is 0.0388. The SMILES string of the molecule is CCOCCCNC(=O)CN(Cc1ccc(F)cc1)S(=O)(=O)c1ccc(C)cc1. The number of carbonyl (C=O) groups excluding carboxylic acids is 1. The smallest absolute Gasteiger partial charge is 0.243 e. The van der Waals surface area contributed by atoms with Crippen LogP contribution in [0.4, 0.5) is 4.39 Å². The van der Waals surface area contributed by atoms with Crippen LogP contribution in [0.15, 0.2) is 53.4 Å². The van der Waals surface area contributed by atoms with Crippen molar-refractivity contribution in [3.63, 3.8) is 0 Å². The molecule has 2 rings (SSSR count). The minimum Gasteiger partial charge on any atom is -0.382 e. The Morgan fingerprint density at radius 1 is 1.10 bits per heavy atom. The lowest BCUT2D eigenvalue weighted by atomic mass is 10.2. The summed E-state index contributed by atoms with van der Waals surface area (Å²) in [5.74, 6) is -0.812. The van der Waals surface area contributed by atoms with E-state index in [1.54, 1.807) is 12.1 Å². The molecule has 2 aromatic rings. The number of hydrogen-bond donors (Lipinski definition) is 1. The molecule has 0 saturated carbocycles. The number of nitrogens with one attached hydrogen (secondary N) is 1. The Labute approximate surface area is 171 Å². The lowest BCUT2D eigenvalue weighted by Gasteiger charge is -2.22. The molecule has 0 atom stereocenters. The van der Waals surface area contributed by atoms with Gasteiger partial charge in [-0.3, -0.25) is 4.79 Å². The normalized spacial score (nSPS) is 11.6. The van der Waals surface area contributed by atoms with Crippen LogP contribution in [0.5, 0.6) is 0 Å². The number of aryl methyl sites for hydroxylation is 1.